The number of nitrogens with one attached hydrogen (secondary N) is 1. The van der Waals surface area contributed by atoms with Crippen LogP contribution in [0.15, 0.2) is 5.38 Å². The number of aryl methyl sites for hydroxylation is 1. The highest BCUT2D eigenvalue weighted by Gasteiger charge is 2.16. The second-order valence-electron chi connectivity index (χ2n) is 4.80. The normalized spacial score (nSPS) is 11.2. The van der Waals surface area contributed by atoms with Crippen LogP contribution in [-0.4, -0.2) is 16.5 Å². The van der Waals surface area contributed by atoms with Crippen LogP contribution in [-0.2, 0) is 6.42 Å². The van der Waals surface area contributed by atoms with Crippen molar-refractivity contribution in [3.63, 3.8) is 0 Å². The van der Waals surface area contributed by atoms with Crippen LogP contribution in [0.5, 0.6) is 0 Å². The number of nitrogens with zero attached hydrogens (tertiary/aromatic N) is 2. The van der Waals surface area contributed by atoms with Gasteiger partial charge in [0, 0.05) is 17.8 Å². The van der Waals surface area contributed by atoms with Crippen LogP contribution in [0.1, 0.15) is 50.7 Å². The van der Waals surface area contributed by atoms with Crippen molar-refractivity contribution in [1.82, 2.24) is 9.97 Å². The molecule has 2 heterocycles. The third kappa shape index (κ3) is 3.34. The number of aromatic nitrogens is 2. The molecule has 0 fully saturated rings. The molecular weight excluding hydrogens is 274 g/mol. The Kier molecular flexibility index (Phi) is 4.93. The van der Waals surface area contributed by atoms with Crippen LogP contribution in [0.25, 0.3) is 10.6 Å². The zero-order valence-corrected chi connectivity index (χ0v) is 13.6. The minimum atomic E-state index is 0.487. The van der Waals surface area contributed by atoms with Gasteiger partial charge in [-0.3, -0.25) is 0 Å². The van der Waals surface area contributed by atoms with Crippen LogP contribution in [0.2, 0.25) is 0 Å². The Morgan fingerprint density at radius 2 is 2.05 bits per heavy atom. The van der Waals surface area contributed by atoms with E-state index in [0.29, 0.717) is 5.92 Å². The van der Waals surface area contributed by atoms with E-state index >= 15 is 0 Å². The van der Waals surface area contributed by atoms with E-state index in [9.17, 15) is 0 Å². The van der Waals surface area contributed by atoms with E-state index in [2.05, 4.69) is 43.4 Å². The molecule has 0 radical (unpaired) electrons. The molecule has 0 aliphatic heterocycles. The lowest BCUT2D eigenvalue weighted by Crippen LogP contribution is -1.95. The van der Waals surface area contributed by atoms with E-state index in [1.165, 1.54) is 15.6 Å². The fourth-order valence-corrected chi connectivity index (χ4v) is 3.76. The highest BCUT2D eigenvalue weighted by atomic mass is 32.1. The maximum atomic E-state index is 4.79. The predicted octanol–water partition coefficient (Wildman–Crippen LogP) is 4.77. The minimum absolute atomic E-state index is 0.487. The fraction of sp³-hybridized carbons (Fsp3) is 0.571. The first-order valence-electron chi connectivity index (χ1n) is 6.85. The van der Waals surface area contributed by atoms with Gasteiger partial charge in [0.25, 0.3) is 0 Å². The zero-order chi connectivity index (χ0) is 13.8. The van der Waals surface area contributed by atoms with E-state index in [1.54, 1.807) is 22.7 Å². The summed E-state index contributed by atoms with van der Waals surface area (Å²) in [4.78, 5) is 10.7. The van der Waals surface area contributed by atoms with Gasteiger partial charge in [-0.25, -0.2) is 9.97 Å². The highest BCUT2D eigenvalue weighted by Crippen LogP contribution is 2.35. The largest absolute Gasteiger partial charge is 0.362 e. The molecule has 2 rings (SSSR count). The molecule has 0 bridgehead atoms. The average molecular weight is 295 g/mol. The smallest absolute Gasteiger partial charge is 0.183 e. The van der Waals surface area contributed by atoms with E-state index in [-0.39, 0.29) is 0 Å². The van der Waals surface area contributed by atoms with Crippen LogP contribution in [0, 0.1) is 0 Å². The molecule has 19 heavy (non-hydrogen) atoms. The first kappa shape index (κ1) is 14.5. The summed E-state index contributed by atoms with van der Waals surface area (Å²) in [7, 11) is 0. The molecule has 104 valence electrons. The first-order valence-corrected chi connectivity index (χ1v) is 8.54. The Morgan fingerprint density at radius 3 is 2.68 bits per heavy atom. The molecule has 2 aromatic rings. The van der Waals surface area contributed by atoms with Crippen LogP contribution in [0.4, 0.5) is 5.13 Å². The SMILES string of the molecule is CCCc1nc(C(C)C)sc1-c1csc(NCC)n1. The summed E-state index contributed by atoms with van der Waals surface area (Å²) in [5.41, 5.74) is 2.29. The van der Waals surface area contributed by atoms with E-state index in [4.69, 9.17) is 4.98 Å². The summed E-state index contributed by atoms with van der Waals surface area (Å²) < 4.78 is 0. The van der Waals surface area contributed by atoms with Crippen LogP contribution in [0.3, 0.4) is 0 Å². The molecule has 0 atom stereocenters. The van der Waals surface area contributed by atoms with Crippen LogP contribution >= 0.6 is 22.7 Å². The van der Waals surface area contributed by atoms with Crippen molar-refractivity contribution in [3.05, 3.63) is 16.1 Å². The Hall–Kier alpha value is -0.940. The lowest BCUT2D eigenvalue weighted by Gasteiger charge is -1.97. The van der Waals surface area contributed by atoms with Gasteiger partial charge < -0.3 is 5.32 Å². The van der Waals surface area contributed by atoms with Gasteiger partial charge in [0.05, 0.1) is 21.3 Å². The molecular formula is C14H21N3S2. The van der Waals surface area contributed by atoms with Gasteiger partial charge in [0.1, 0.15) is 0 Å². The topological polar surface area (TPSA) is 37.8 Å². The molecule has 0 spiro atoms. The Labute approximate surface area is 123 Å². The van der Waals surface area contributed by atoms with Gasteiger partial charge in [0.15, 0.2) is 5.13 Å². The van der Waals surface area contributed by atoms with Gasteiger partial charge in [-0.1, -0.05) is 27.2 Å². The second kappa shape index (κ2) is 6.48. The lowest BCUT2D eigenvalue weighted by molar-refractivity contribution is 0.823. The standard InChI is InChI=1S/C14H21N3S2/c1-5-7-10-12(19-13(16-10)9(3)4)11-8-18-14(17-11)15-6-2/h8-9H,5-7H2,1-4H3,(H,15,17). The predicted molar refractivity (Wildman–Crippen MR) is 85.5 cm³/mol. The molecule has 0 aliphatic carbocycles. The van der Waals surface area contributed by atoms with Crippen molar-refractivity contribution in [2.24, 2.45) is 0 Å². The van der Waals surface area contributed by atoms with E-state index in [0.717, 1.165) is 30.2 Å². The van der Waals surface area contributed by atoms with E-state index in [1.807, 2.05) is 0 Å². The van der Waals surface area contributed by atoms with Gasteiger partial charge in [0.2, 0.25) is 0 Å². The van der Waals surface area contributed by atoms with Gasteiger partial charge in [-0.05, 0) is 13.3 Å². The summed E-state index contributed by atoms with van der Waals surface area (Å²) in [5.74, 6) is 0.487. The molecule has 0 aromatic carbocycles. The Bertz CT molecular complexity index is 529. The monoisotopic (exact) mass is 295 g/mol. The molecule has 2 aromatic heterocycles. The molecule has 0 aliphatic rings. The summed E-state index contributed by atoms with van der Waals surface area (Å²) in [6.07, 6.45) is 2.16. The number of thiazole rings is 2. The summed E-state index contributed by atoms with van der Waals surface area (Å²) in [6.45, 7) is 9.60. The van der Waals surface area contributed by atoms with Crippen molar-refractivity contribution >= 4 is 27.8 Å². The summed E-state index contributed by atoms with van der Waals surface area (Å²) in [5, 5.41) is 7.62. The van der Waals surface area contributed by atoms with Gasteiger partial charge in [-0.15, -0.1) is 22.7 Å². The van der Waals surface area contributed by atoms with Gasteiger partial charge >= 0.3 is 0 Å². The van der Waals surface area contributed by atoms with Crippen molar-refractivity contribution in [2.45, 2.75) is 46.5 Å². The van der Waals surface area contributed by atoms with Crippen molar-refractivity contribution < 1.29 is 0 Å². The number of rotatable bonds is 6. The van der Waals surface area contributed by atoms with Gasteiger partial charge in [-0.2, -0.15) is 0 Å². The highest BCUT2D eigenvalue weighted by molar-refractivity contribution is 7.17. The molecule has 5 heteroatoms. The average Bonchev–Trinajstić information content (AvgIpc) is 2.96. The maximum Gasteiger partial charge on any atom is 0.183 e. The third-order valence-electron chi connectivity index (χ3n) is 2.76. The molecule has 0 unspecified atom stereocenters. The molecule has 1 N–H and O–H groups in total. The van der Waals surface area contributed by atoms with Crippen molar-refractivity contribution in [1.29, 1.82) is 0 Å². The zero-order valence-electron chi connectivity index (χ0n) is 12.0. The Balaban J connectivity index is 2.35. The van der Waals surface area contributed by atoms with Crippen molar-refractivity contribution in [3.8, 4) is 10.6 Å². The summed E-state index contributed by atoms with van der Waals surface area (Å²) >= 11 is 3.47. The second-order valence-corrected chi connectivity index (χ2v) is 6.69. The minimum Gasteiger partial charge on any atom is -0.362 e. The number of hydrogen-bond donors (Lipinski definition) is 1. The Morgan fingerprint density at radius 1 is 1.26 bits per heavy atom. The number of anilines is 1. The van der Waals surface area contributed by atoms with Crippen molar-refractivity contribution in [2.75, 3.05) is 11.9 Å². The molecule has 0 saturated heterocycles. The summed E-state index contributed by atoms with van der Waals surface area (Å²) in [6, 6.07) is 0. The fourth-order valence-electron chi connectivity index (χ4n) is 1.83. The molecule has 3 nitrogen and oxygen atoms in total. The van der Waals surface area contributed by atoms with E-state index < -0.39 is 0 Å². The maximum absolute atomic E-state index is 4.79. The van der Waals surface area contributed by atoms with Crippen LogP contribution < -0.4 is 5.32 Å². The molecule has 0 saturated carbocycles. The molecule has 0 amide bonds. The third-order valence-corrected chi connectivity index (χ3v) is 4.98. The lowest BCUT2D eigenvalue weighted by atomic mass is 10.2. The number of hydrogen-bond acceptors (Lipinski definition) is 5. The quantitative estimate of drug-likeness (QED) is 0.833. The first-order chi connectivity index (χ1) is 9.15.